The Morgan fingerprint density at radius 2 is 2.16 bits per heavy atom. The molecule has 0 fully saturated rings. The van der Waals surface area contributed by atoms with Crippen LogP contribution in [0, 0.1) is 18.8 Å². The maximum atomic E-state index is 4.49. The van der Waals surface area contributed by atoms with Crippen LogP contribution in [0.3, 0.4) is 0 Å². The highest BCUT2D eigenvalue weighted by molar-refractivity contribution is 6.03. The summed E-state index contributed by atoms with van der Waals surface area (Å²) in [6, 6.07) is 6.20. The van der Waals surface area contributed by atoms with Crippen LogP contribution in [0.1, 0.15) is 32.3 Å². The Hall–Kier alpha value is -2.76. The zero-order valence-corrected chi connectivity index (χ0v) is 14.7. The number of hydrogen-bond acceptors (Lipinski definition) is 5. The number of benzene rings is 1. The Bertz CT molecular complexity index is 984. The molecule has 0 aliphatic heterocycles. The van der Waals surface area contributed by atoms with E-state index in [0.717, 1.165) is 34.9 Å². The number of hydrogen-bond donors (Lipinski definition) is 2. The molecule has 6 nitrogen and oxygen atoms in total. The Morgan fingerprint density at radius 3 is 3.00 bits per heavy atom. The molecule has 25 heavy (non-hydrogen) atoms. The highest BCUT2D eigenvalue weighted by atomic mass is 15.4. The van der Waals surface area contributed by atoms with Crippen LogP contribution in [-0.4, -0.2) is 26.4 Å². The van der Waals surface area contributed by atoms with Crippen LogP contribution in [0.5, 0.6) is 0 Å². The van der Waals surface area contributed by atoms with E-state index in [1.165, 1.54) is 11.1 Å². The van der Waals surface area contributed by atoms with Crippen molar-refractivity contribution in [2.75, 3.05) is 5.43 Å². The first kappa shape index (κ1) is 15.7. The number of nitrogens with zero attached hydrogens (tertiary/aromatic N) is 4. The SMILES string of the molecule is CC1=CC[C@@H](/C=N\Nc2nnc3c(n2)[nH]c2ccc(C)cc23)[C@H](C)C1. The summed E-state index contributed by atoms with van der Waals surface area (Å²) >= 11 is 0. The van der Waals surface area contributed by atoms with E-state index in [1.807, 2.05) is 12.3 Å². The Balaban J connectivity index is 1.54. The van der Waals surface area contributed by atoms with Gasteiger partial charge in [0, 0.05) is 23.0 Å². The molecule has 0 bridgehead atoms. The second kappa shape index (κ2) is 6.27. The van der Waals surface area contributed by atoms with Gasteiger partial charge in [-0.15, -0.1) is 10.2 Å². The molecule has 2 N–H and O–H groups in total. The fourth-order valence-corrected chi connectivity index (χ4v) is 3.44. The van der Waals surface area contributed by atoms with E-state index in [2.05, 4.69) is 69.7 Å². The number of H-pyrrole nitrogens is 1. The number of nitrogens with one attached hydrogen (secondary N) is 2. The van der Waals surface area contributed by atoms with Crippen molar-refractivity contribution in [3.63, 3.8) is 0 Å². The van der Waals surface area contributed by atoms with E-state index in [4.69, 9.17) is 0 Å². The summed E-state index contributed by atoms with van der Waals surface area (Å²) in [5.41, 5.74) is 8.10. The average molecular weight is 334 g/mol. The van der Waals surface area contributed by atoms with Crippen LogP contribution >= 0.6 is 0 Å². The molecular weight excluding hydrogens is 312 g/mol. The topological polar surface area (TPSA) is 78.8 Å². The summed E-state index contributed by atoms with van der Waals surface area (Å²) in [5, 5.41) is 13.8. The van der Waals surface area contributed by atoms with Crippen molar-refractivity contribution in [1.82, 2.24) is 20.2 Å². The zero-order valence-electron chi connectivity index (χ0n) is 14.7. The molecule has 0 spiro atoms. The summed E-state index contributed by atoms with van der Waals surface area (Å²) in [6.07, 6.45) is 6.44. The van der Waals surface area contributed by atoms with Gasteiger partial charge in [0.15, 0.2) is 5.65 Å². The molecular formula is C19H22N6. The summed E-state index contributed by atoms with van der Waals surface area (Å²) in [6.45, 7) is 6.52. The lowest BCUT2D eigenvalue weighted by atomic mass is 9.82. The monoisotopic (exact) mass is 334 g/mol. The first-order valence-corrected chi connectivity index (χ1v) is 8.68. The summed E-state index contributed by atoms with van der Waals surface area (Å²) in [5.74, 6) is 1.46. The highest BCUT2D eigenvalue weighted by Gasteiger charge is 2.18. The Labute approximate surface area is 146 Å². The summed E-state index contributed by atoms with van der Waals surface area (Å²) in [7, 11) is 0. The average Bonchev–Trinajstić information content (AvgIpc) is 2.94. The molecule has 0 unspecified atom stereocenters. The Morgan fingerprint density at radius 1 is 1.28 bits per heavy atom. The van der Waals surface area contributed by atoms with Crippen LogP contribution in [-0.2, 0) is 0 Å². The van der Waals surface area contributed by atoms with Gasteiger partial charge in [0.2, 0.25) is 0 Å². The van der Waals surface area contributed by atoms with E-state index >= 15 is 0 Å². The van der Waals surface area contributed by atoms with Crippen molar-refractivity contribution in [2.24, 2.45) is 16.9 Å². The van der Waals surface area contributed by atoms with Crippen molar-refractivity contribution in [2.45, 2.75) is 33.6 Å². The van der Waals surface area contributed by atoms with Gasteiger partial charge < -0.3 is 4.98 Å². The molecule has 2 atom stereocenters. The predicted octanol–water partition coefficient (Wildman–Crippen LogP) is 4.20. The van der Waals surface area contributed by atoms with Crippen molar-refractivity contribution < 1.29 is 0 Å². The zero-order chi connectivity index (χ0) is 17.4. The van der Waals surface area contributed by atoms with Gasteiger partial charge >= 0.3 is 0 Å². The number of rotatable bonds is 3. The predicted molar refractivity (Wildman–Crippen MR) is 102 cm³/mol. The molecule has 2 aromatic heterocycles. The normalized spacial score (nSPS) is 21.2. The molecule has 2 heterocycles. The third-order valence-electron chi connectivity index (χ3n) is 4.91. The molecule has 0 saturated heterocycles. The molecule has 1 aromatic carbocycles. The molecule has 1 aliphatic rings. The molecule has 4 rings (SSSR count). The first-order valence-electron chi connectivity index (χ1n) is 8.68. The lowest BCUT2D eigenvalue weighted by molar-refractivity contribution is 0.438. The van der Waals surface area contributed by atoms with Crippen LogP contribution in [0.4, 0.5) is 5.95 Å². The number of aromatic nitrogens is 4. The van der Waals surface area contributed by atoms with Crippen LogP contribution in [0.25, 0.3) is 22.1 Å². The highest BCUT2D eigenvalue weighted by Crippen LogP contribution is 2.28. The first-order chi connectivity index (χ1) is 12.1. The molecule has 6 heteroatoms. The minimum Gasteiger partial charge on any atom is -0.338 e. The smallest absolute Gasteiger partial charge is 0.265 e. The number of aryl methyl sites for hydroxylation is 1. The fraction of sp³-hybridized carbons (Fsp3) is 0.368. The lowest BCUT2D eigenvalue weighted by Gasteiger charge is -2.24. The van der Waals surface area contributed by atoms with Crippen LogP contribution < -0.4 is 5.43 Å². The molecule has 0 amide bonds. The van der Waals surface area contributed by atoms with Gasteiger partial charge in [-0.3, -0.25) is 0 Å². The molecule has 0 radical (unpaired) electrons. The maximum absolute atomic E-state index is 4.49. The quantitative estimate of drug-likeness (QED) is 0.427. The van der Waals surface area contributed by atoms with Gasteiger partial charge in [-0.25, -0.2) is 5.43 Å². The van der Waals surface area contributed by atoms with E-state index in [9.17, 15) is 0 Å². The Kier molecular flexibility index (Phi) is 3.95. The van der Waals surface area contributed by atoms with Crippen molar-refractivity contribution >= 4 is 34.2 Å². The second-order valence-corrected chi connectivity index (χ2v) is 7.03. The third-order valence-corrected chi connectivity index (χ3v) is 4.91. The van der Waals surface area contributed by atoms with Crippen LogP contribution in [0.15, 0.2) is 34.9 Å². The third kappa shape index (κ3) is 3.12. The van der Waals surface area contributed by atoms with Gasteiger partial charge in [0.1, 0.15) is 5.52 Å². The van der Waals surface area contributed by atoms with Crippen LogP contribution in [0.2, 0.25) is 0 Å². The van der Waals surface area contributed by atoms with Gasteiger partial charge in [-0.05, 0) is 44.7 Å². The van der Waals surface area contributed by atoms with Crippen molar-refractivity contribution in [1.29, 1.82) is 0 Å². The maximum Gasteiger partial charge on any atom is 0.265 e. The minimum absolute atomic E-state index is 0.405. The molecule has 3 aromatic rings. The van der Waals surface area contributed by atoms with E-state index < -0.39 is 0 Å². The van der Waals surface area contributed by atoms with Gasteiger partial charge in [0.25, 0.3) is 5.95 Å². The lowest BCUT2D eigenvalue weighted by Crippen LogP contribution is -2.17. The van der Waals surface area contributed by atoms with Gasteiger partial charge in [0.05, 0.1) is 0 Å². The number of allylic oxidation sites excluding steroid dienone is 2. The van der Waals surface area contributed by atoms with E-state index in [0.29, 0.717) is 17.8 Å². The van der Waals surface area contributed by atoms with E-state index in [1.54, 1.807) is 0 Å². The summed E-state index contributed by atoms with van der Waals surface area (Å²) in [4.78, 5) is 7.77. The molecule has 0 saturated carbocycles. The number of fused-ring (bicyclic) bond motifs is 3. The van der Waals surface area contributed by atoms with Gasteiger partial charge in [-0.1, -0.05) is 30.2 Å². The second-order valence-electron chi connectivity index (χ2n) is 7.03. The summed E-state index contributed by atoms with van der Waals surface area (Å²) < 4.78 is 0. The van der Waals surface area contributed by atoms with Crippen molar-refractivity contribution in [3.8, 4) is 0 Å². The van der Waals surface area contributed by atoms with Gasteiger partial charge in [-0.2, -0.15) is 10.1 Å². The number of anilines is 1. The minimum atomic E-state index is 0.405. The number of aromatic amines is 1. The molecule has 1 aliphatic carbocycles. The molecule has 128 valence electrons. The number of hydrazone groups is 1. The van der Waals surface area contributed by atoms with Crippen molar-refractivity contribution in [3.05, 3.63) is 35.4 Å². The standard InChI is InChI=1S/C19H22N6/c1-11-4-6-14(13(3)8-11)10-20-24-19-22-18-17(23-25-19)15-9-12(2)5-7-16(15)21-18/h4-5,7,9-10,13-14H,6,8H2,1-3H3,(H2,21,22,24,25)/b20-10-/t13-,14+/m1/s1. The largest absolute Gasteiger partial charge is 0.338 e. The van der Waals surface area contributed by atoms with E-state index in [-0.39, 0.29) is 0 Å². The fourth-order valence-electron chi connectivity index (χ4n) is 3.44.